The Morgan fingerprint density at radius 2 is 1.43 bits per heavy atom. The van der Waals surface area contributed by atoms with Gasteiger partial charge in [-0.25, -0.2) is 0 Å². The Balaban J connectivity index is 0. The lowest BCUT2D eigenvalue weighted by molar-refractivity contribution is -0.00752. The maximum absolute atomic E-state index is 5.30. The lowest BCUT2D eigenvalue weighted by Crippen LogP contribution is -2.14. The molecule has 0 rings (SSSR count). The van der Waals surface area contributed by atoms with Crippen LogP contribution in [0.5, 0.6) is 0 Å². The monoisotopic (exact) mass is 306 g/mol. The SMILES string of the molecule is C=C(N)OCCOCCOCCOC(C)C.CCNCC. The molecule has 0 aliphatic heterocycles. The summed E-state index contributed by atoms with van der Waals surface area (Å²) in [4.78, 5) is 0. The molecule has 0 aliphatic carbocycles. The molecule has 6 heteroatoms. The fourth-order valence-electron chi connectivity index (χ4n) is 1.15. The van der Waals surface area contributed by atoms with Gasteiger partial charge in [-0.05, 0) is 33.5 Å². The lowest BCUT2D eigenvalue weighted by atomic mass is 10.5. The van der Waals surface area contributed by atoms with E-state index in [1.165, 1.54) is 0 Å². The van der Waals surface area contributed by atoms with Crippen LogP contribution in [0.2, 0.25) is 0 Å². The van der Waals surface area contributed by atoms with Crippen molar-refractivity contribution in [2.75, 3.05) is 52.7 Å². The van der Waals surface area contributed by atoms with Crippen molar-refractivity contribution in [3.8, 4) is 0 Å². The fourth-order valence-corrected chi connectivity index (χ4v) is 1.15. The highest BCUT2D eigenvalue weighted by atomic mass is 16.6. The average Bonchev–Trinajstić information content (AvgIpc) is 2.42. The summed E-state index contributed by atoms with van der Waals surface area (Å²) in [5.41, 5.74) is 5.20. The molecule has 0 fully saturated rings. The van der Waals surface area contributed by atoms with E-state index in [1.807, 2.05) is 13.8 Å². The summed E-state index contributed by atoms with van der Waals surface area (Å²) >= 11 is 0. The maximum atomic E-state index is 5.30. The normalized spacial score (nSPS) is 10.1. The van der Waals surface area contributed by atoms with E-state index in [1.54, 1.807) is 0 Å². The second-order valence-corrected chi connectivity index (χ2v) is 4.42. The number of ether oxygens (including phenoxy) is 4. The summed E-state index contributed by atoms with van der Waals surface area (Å²) < 4.78 is 20.7. The van der Waals surface area contributed by atoms with Crippen LogP contribution in [-0.4, -0.2) is 58.8 Å². The average molecular weight is 306 g/mol. The molecule has 0 aliphatic rings. The van der Waals surface area contributed by atoms with Crippen molar-refractivity contribution in [2.24, 2.45) is 5.73 Å². The molecule has 0 saturated carbocycles. The number of hydrogen-bond donors (Lipinski definition) is 2. The molecular formula is C15H34N2O4. The van der Waals surface area contributed by atoms with E-state index in [0.717, 1.165) is 13.1 Å². The highest BCUT2D eigenvalue weighted by Gasteiger charge is 1.94. The van der Waals surface area contributed by atoms with Crippen molar-refractivity contribution >= 4 is 0 Å². The number of rotatable bonds is 13. The summed E-state index contributed by atoms with van der Waals surface area (Å²) in [5, 5.41) is 3.11. The molecule has 21 heavy (non-hydrogen) atoms. The van der Waals surface area contributed by atoms with Gasteiger partial charge in [0.05, 0.1) is 39.1 Å². The largest absolute Gasteiger partial charge is 0.477 e. The minimum absolute atomic E-state index is 0.214. The van der Waals surface area contributed by atoms with Crippen LogP contribution in [0.25, 0.3) is 0 Å². The van der Waals surface area contributed by atoms with E-state index >= 15 is 0 Å². The highest BCUT2D eigenvalue weighted by molar-refractivity contribution is 4.70. The molecule has 0 aromatic carbocycles. The highest BCUT2D eigenvalue weighted by Crippen LogP contribution is 1.88. The third-order valence-electron chi connectivity index (χ3n) is 2.07. The Bertz CT molecular complexity index is 212. The molecule has 6 nitrogen and oxygen atoms in total. The first-order valence-electron chi connectivity index (χ1n) is 7.59. The van der Waals surface area contributed by atoms with Gasteiger partial charge in [0, 0.05) is 0 Å². The van der Waals surface area contributed by atoms with Gasteiger partial charge >= 0.3 is 0 Å². The summed E-state index contributed by atoms with van der Waals surface area (Å²) in [6, 6.07) is 0. The summed E-state index contributed by atoms with van der Waals surface area (Å²) in [7, 11) is 0. The topological polar surface area (TPSA) is 75.0 Å². The Morgan fingerprint density at radius 1 is 0.952 bits per heavy atom. The zero-order valence-electron chi connectivity index (χ0n) is 14.2. The van der Waals surface area contributed by atoms with Crippen molar-refractivity contribution in [1.29, 1.82) is 0 Å². The molecule has 0 aromatic heterocycles. The first-order chi connectivity index (χ1) is 10.0. The molecule has 0 radical (unpaired) electrons. The van der Waals surface area contributed by atoms with Crippen LogP contribution in [0.1, 0.15) is 27.7 Å². The molecule has 0 unspecified atom stereocenters. The first-order valence-corrected chi connectivity index (χ1v) is 7.59. The van der Waals surface area contributed by atoms with Crippen molar-refractivity contribution in [2.45, 2.75) is 33.8 Å². The predicted molar refractivity (Wildman–Crippen MR) is 86.2 cm³/mol. The van der Waals surface area contributed by atoms with Gasteiger partial charge < -0.3 is 30.0 Å². The second kappa shape index (κ2) is 19.2. The third-order valence-corrected chi connectivity index (χ3v) is 2.07. The van der Waals surface area contributed by atoms with Crippen molar-refractivity contribution in [1.82, 2.24) is 5.32 Å². The molecule has 0 spiro atoms. The molecule has 0 amide bonds. The molecule has 3 N–H and O–H groups in total. The molecule has 128 valence electrons. The first kappa shape index (κ1) is 22.5. The van der Waals surface area contributed by atoms with Gasteiger partial charge in [-0.1, -0.05) is 13.8 Å². The van der Waals surface area contributed by atoms with Crippen LogP contribution in [0.4, 0.5) is 0 Å². The van der Waals surface area contributed by atoms with Crippen LogP contribution < -0.4 is 11.1 Å². The zero-order valence-corrected chi connectivity index (χ0v) is 14.2. The summed E-state index contributed by atoms with van der Waals surface area (Å²) in [6.45, 7) is 17.0. The van der Waals surface area contributed by atoms with Crippen LogP contribution in [0.15, 0.2) is 12.5 Å². The van der Waals surface area contributed by atoms with Gasteiger partial charge in [0.2, 0.25) is 0 Å². The third kappa shape index (κ3) is 28.2. The number of hydrogen-bond acceptors (Lipinski definition) is 6. The Morgan fingerprint density at radius 3 is 1.81 bits per heavy atom. The minimum Gasteiger partial charge on any atom is -0.477 e. The minimum atomic E-state index is 0.214. The fraction of sp³-hybridized carbons (Fsp3) is 0.867. The molecule has 0 bridgehead atoms. The smallest absolute Gasteiger partial charge is 0.176 e. The van der Waals surface area contributed by atoms with Crippen LogP contribution in [-0.2, 0) is 18.9 Å². The maximum Gasteiger partial charge on any atom is 0.176 e. The second-order valence-electron chi connectivity index (χ2n) is 4.42. The lowest BCUT2D eigenvalue weighted by Gasteiger charge is -2.08. The quantitative estimate of drug-likeness (QED) is 0.397. The van der Waals surface area contributed by atoms with Gasteiger partial charge in [0.25, 0.3) is 0 Å². The van der Waals surface area contributed by atoms with E-state index < -0.39 is 0 Å². The molecule has 0 aromatic rings. The van der Waals surface area contributed by atoms with Gasteiger partial charge in [-0.3, -0.25) is 0 Å². The van der Waals surface area contributed by atoms with Crippen LogP contribution >= 0.6 is 0 Å². The van der Waals surface area contributed by atoms with Gasteiger partial charge in [0.15, 0.2) is 5.88 Å². The van der Waals surface area contributed by atoms with Crippen molar-refractivity contribution in [3.05, 3.63) is 12.5 Å². The van der Waals surface area contributed by atoms with Crippen LogP contribution in [0.3, 0.4) is 0 Å². The van der Waals surface area contributed by atoms with E-state index in [-0.39, 0.29) is 12.0 Å². The summed E-state index contributed by atoms with van der Waals surface area (Å²) in [6.07, 6.45) is 0.251. The summed E-state index contributed by atoms with van der Waals surface area (Å²) in [5.74, 6) is 0.214. The van der Waals surface area contributed by atoms with Gasteiger partial charge in [0.1, 0.15) is 6.61 Å². The molecule has 0 saturated heterocycles. The van der Waals surface area contributed by atoms with E-state index in [0.29, 0.717) is 39.6 Å². The number of nitrogens with two attached hydrogens (primary N) is 1. The molecular weight excluding hydrogens is 272 g/mol. The van der Waals surface area contributed by atoms with Gasteiger partial charge in [-0.15, -0.1) is 0 Å². The van der Waals surface area contributed by atoms with Crippen molar-refractivity contribution in [3.63, 3.8) is 0 Å². The Labute approximate surface area is 130 Å². The molecule has 0 atom stereocenters. The standard InChI is InChI=1S/C11H23NO4.C4H11N/c1-10(2)15-8-6-13-4-5-14-7-9-16-11(3)12;1-3-5-4-2/h10H,3-9,12H2,1-2H3;5H,3-4H2,1-2H3. The van der Waals surface area contributed by atoms with Crippen LogP contribution in [0, 0.1) is 0 Å². The Kier molecular flexibility index (Phi) is 20.5. The van der Waals surface area contributed by atoms with E-state index in [4.69, 9.17) is 24.7 Å². The molecule has 0 heterocycles. The zero-order chi connectivity index (χ0) is 16.3. The number of nitrogens with one attached hydrogen (secondary N) is 1. The predicted octanol–water partition coefficient (Wildman–Crippen LogP) is 1.51. The van der Waals surface area contributed by atoms with Crippen molar-refractivity contribution < 1.29 is 18.9 Å². The Hall–Kier alpha value is -0.820. The van der Waals surface area contributed by atoms with Gasteiger partial charge in [-0.2, -0.15) is 0 Å². The van der Waals surface area contributed by atoms with E-state index in [9.17, 15) is 0 Å². The van der Waals surface area contributed by atoms with E-state index in [2.05, 4.69) is 25.7 Å².